The maximum absolute atomic E-state index is 5.99. The van der Waals surface area contributed by atoms with Crippen molar-refractivity contribution in [3.8, 4) is 5.88 Å². The van der Waals surface area contributed by atoms with Crippen LogP contribution >= 0.6 is 0 Å². The average molecular weight is 254 g/mol. The number of nitrogens with zero attached hydrogens (tertiary/aromatic N) is 3. The molecule has 0 aliphatic carbocycles. The van der Waals surface area contributed by atoms with E-state index in [1.807, 2.05) is 11.6 Å². The molecule has 5 heteroatoms. The Balaban J connectivity index is 2.60. The molecule has 0 spiro atoms. The molecule has 0 aliphatic rings. The number of hydrogen-bond acceptors (Lipinski definition) is 4. The Bertz CT molecular complexity index is 358. The van der Waals surface area contributed by atoms with E-state index in [1.165, 1.54) is 0 Å². The molecule has 0 radical (unpaired) electrons. The monoisotopic (exact) mass is 254 g/mol. The molecule has 18 heavy (non-hydrogen) atoms. The van der Waals surface area contributed by atoms with E-state index in [1.54, 1.807) is 0 Å². The van der Waals surface area contributed by atoms with Gasteiger partial charge in [-0.3, -0.25) is 0 Å². The first-order chi connectivity index (χ1) is 8.63. The third kappa shape index (κ3) is 3.63. The molecule has 0 unspecified atom stereocenters. The Morgan fingerprint density at radius 3 is 2.50 bits per heavy atom. The molecule has 0 atom stereocenters. The van der Waals surface area contributed by atoms with E-state index in [0.29, 0.717) is 12.3 Å². The van der Waals surface area contributed by atoms with Gasteiger partial charge < -0.3 is 15.4 Å². The van der Waals surface area contributed by atoms with Crippen LogP contribution in [0.4, 0.5) is 5.69 Å². The van der Waals surface area contributed by atoms with Crippen LogP contribution in [0, 0.1) is 6.92 Å². The molecule has 1 aromatic heterocycles. The first kappa shape index (κ1) is 14.8. The zero-order valence-corrected chi connectivity index (χ0v) is 12.1. The molecule has 0 amide bonds. The molecule has 1 rings (SSSR count). The summed E-state index contributed by atoms with van der Waals surface area (Å²) in [6, 6.07) is 0. The molecule has 104 valence electrons. The topological polar surface area (TPSA) is 56.3 Å². The van der Waals surface area contributed by atoms with E-state index in [2.05, 4.69) is 30.8 Å². The quantitative estimate of drug-likeness (QED) is 0.770. The highest BCUT2D eigenvalue weighted by molar-refractivity contribution is 5.52. The summed E-state index contributed by atoms with van der Waals surface area (Å²) in [5.74, 6) is 0.724. The van der Waals surface area contributed by atoms with E-state index in [4.69, 9.17) is 10.5 Å². The number of anilines is 1. The summed E-state index contributed by atoms with van der Waals surface area (Å²) >= 11 is 0. The Morgan fingerprint density at radius 1 is 1.28 bits per heavy atom. The number of likely N-dealkylation sites (N-methyl/N-ethyl adjacent to an activating group) is 1. The number of aromatic nitrogens is 2. The second-order valence-electron chi connectivity index (χ2n) is 4.40. The second kappa shape index (κ2) is 7.26. The van der Waals surface area contributed by atoms with Gasteiger partial charge in [-0.25, -0.2) is 4.68 Å². The summed E-state index contributed by atoms with van der Waals surface area (Å²) in [6.07, 6.45) is 1.02. The van der Waals surface area contributed by atoms with Gasteiger partial charge >= 0.3 is 0 Å². The molecule has 0 aliphatic heterocycles. The SMILES string of the molecule is CCCn1nc(C)c(N)c1OCCN(CC)CC. The van der Waals surface area contributed by atoms with Crippen molar-refractivity contribution in [2.45, 2.75) is 40.7 Å². The first-order valence-corrected chi connectivity index (χ1v) is 6.81. The maximum Gasteiger partial charge on any atom is 0.236 e. The standard InChI is InChI=1S/C13H26N4O/c1-5-8-17-13(12(14)11(4)15-17)18-10-9-16(6-2)7-3/h5-10,14H2,1-4H3. The van der Waals surface area contributed by atoms with Crippen molar-refractivity contribution in [1.82, 2.24) is 14.7 Å². The van der Waals surface area contributed by atoms with Gasteiger partial charge in [-0.05, 0) is 26.4 Å². The highest BCUT2D eigenvalue weighted by Crippen LogP contribution is 2.24. The van der Waals surface area contributed by atoms with Crippen LogP contribution in [0.1, 0.15) is 32.9 Å². The second-order valence-corrected chi connectivity index (χ2v) is 4.40. The van der Waals surface area contributed by atoms with Crippen LogP contribution in [0.15, 0.2) is 0 Å². The molecule has 0 fully saturated rings. The normalized spacial score (nSPS) is 11.2. The van der Waals surface area contributed by atoms with Gasteiger partial charge in [0.2, 0.25) is 5.88 Å². The van der Waals surface area contributed by atoms with Crippen molar-refractivity contribution in [1.29, 1.82) is 0 Å². The minimum atomic E-state index is 0.653. The summed E-state index contributed by atoms with van der Waals surface area (Å²) in [7, 11) is 0. The maximum atomic E-state index is 5.99. The van der Waals surface area contributed by atoms with Gasteiger partial charge in [-0.1, -0.05) is 20.8 Å². The lowest BCUT2D eigenvalue weighted by Gasteiger charge is -2.18. The fourth-order valence-corrected chi connectivity index (χ4v) is 1.90. The molecule has 0 saturated carbocycles. The lowest BCUT2D eigenvalue weighted by molar-refractivity contribution is 0.210. The van der Waals surface area contributed by atoms with Crippen molar-refractivity contribution < 1.29 is 4.74 Å². The molecule has 2 N–H and O–H groups in total. The van der Waals surface area contributed by atoms with Crippen LogP contribution in [0.25, 0.3) is 0 Å². The van der Waals surface area contributed by atoms with Gasteiger partial charge in [0.05, 0.1) is 5.69 Å². The van der Waals surface area contributed by atoms with E-state index in [0.717, 1.165) is 44.2 Å². The van der Waals surface area contributed by atoms with Gasteiger partial charge in [0, 0.05) is 13.1 Å². The van der Waals surface area contributed by atoms with Crippen molar-refractivity contribution >= 4 is 5.69 Å². The highest BCUT2D eigenvalue weighted by atomic mass is 16.5. The van der Waals surface area contributed by atoms with E-state index in [-0.39, 0.29) is 0 Å². The zero-order chi connectivity index (χ0) is 13.5. The molecular weight excluding hydrogens is 228 g/mol. The van der Waals surface area contributed by atoms with E-state index >= 15 is 0 Å². The largest absolute Gasteiger partial charge is 0.475 e. The lowest BCUT2D eigenvalue weighted by atomic mass is 10.4. The number of aryl methyl sites for hydroxylation is 2. The van der Waals surface area contributed by atoms with Gasteiger partial charge in [0.25, 0.3) is 0 Å². The number of ether oxygens (including phenoxy) is 1. The Hall–Kier alpha value is -1.23. The number of nitrogens with two attached hydrogens (primary N) is 1. The molecular formula is C13H26N4O. The minimum absolute atomic E-state index is 0.653. The molecule has 1 aromatic rings. The molecule has 0 bridgehead atoms. The smallest absolute Gasteiger partial charge is 0.236 e. The van der Waals surface area contributed by atoms with Gasteiger partial charge in [0.1, 0.15) is 12.3 Å². The Morgan fingerprint density at radius 2 is 1.94 bits per heavy atom. The van der Waals surface area contributed by atoms with Crippen LogP contribution in [0.5, 0.6) is 5.88 Å². The summed E-state index contributed by atoms with van der Waals surface area (Å²) in [4.78, 5) is 2.32. The van der Waals surface area contributed by atoms with Crippen molar-refractivity contribution in [2.24, 2.45) is 0 Å². The molecule has 0 aromatic carbocycles. The molecule has 5 nitrogen and oxygen atoms in total. The fourth-order valence-electron chi connectivity index (χ4n) is 1.90. The third-order valence-corrected chi connectivity index (χ3v) is 3.10. The van der Waals surface area contributed by atoms with Crippen LogP contribution in [0.2, 0.25) is 0 Å². The van der Waals surface area contributed by atoms with Crippen LogP contribution < -0.4 is 10.5 Å². The third-order valence-electron chi connectivity index (χ3n) is 3.10. The zero-order valence-electron chi connectivity index (χ0n) is 12.1. The summed E-state index contributed by atoms with van der Waals surface area (Å²) in [5, 5.41) is 4.39. The van der Waals surface area contributed by atoms with Crippen LogP contribution in [0.3, 0.4) is 0 Å². The van der Waals surface area contributed by atoms with Gasteiger partial charge in [0.15, 0.2) is 0 Å². The fraction of sp³-hybridized carbons (Fsp3) is 0.769. The van der Waals surface area contributed by atoms with E-state index in [9.17, 15) is 0 Å². The summed E-state index contributed by atoms with van der Waals surface area (Å²) < 4.78 is 7.68. The summed E-state index contributed by atoms with van der Waals surface area (Å²) in [5.41, 5.74) is 7.51. The van der Waals surface area contributed by atoms with E-state index < -0.39 is 0 Å². The van der Waals surface area contributed by atoms with Gasteiger partial charge in [-0.15, -0.1) is 0 Å². The van der Waals surface area contributed by atoms with Crippen LogP contribution in [-0.2, 0) is 6.54 Å². The van der Waals surface area contributed by atoms with Crippen molar-refractivity contribution in [2.75, 3.05) is 32.0 Å². The predicted molar refractivity (Wildman–Crippen MR) is 75.0 cm³/mol. The first-order valence-electron chi connectivity index (χ1n) is 6.81. The summed E-state index contributed by atoms with van der Waals surface area (Å²) in [6.45, 7) is 12.9. The number of hydrogen-bond donors (Lipinski definition) is 1. The number of nitrogen functional groups attached to an aromatic ring is 1. The van der Waals surface area contributed by atoms with Crippen LogP contribution in [-0.4, -0.2) is 40.9 Å². The Kier molecular flexibility index (Phi) is 5.98. The van der Waals surface area contributed by atoms with Gasteiger partial charge in [-0.2, -0.15) is 5.10 Å². The number of rotatable bonds is 8. The minimum Gasteiger partial charge on any atom is -0.475 e. The predicted octanol–water partition coefficient (Wildman–Crippen LogP) is 1.90. The lowest BCUT2D eigenvalue weighted by Crippen LogP contribution is -2.28. The van der Waals surface area contributed by atoms with Crippen molar-refractivity contribution in [3.63, 3.8) is 0 Å². The Labute approximate surface area is 110 Å². The highest BCUT2D eigenvalue weighted by Gasteiger charge is 2.13. The van der Waals surface area contributed by atoms with Crippen molar-refractivity contribution in [3.05, 3.63) is 5.69 Å². The molecule has 0 saturated heterocycles. The average Bonchev–Trinajstić information content (AvgIpc) is 2.62. The molecule has 1 heterocycles.